The van der Waals surface area contributed by atoms with E-state index in [1.807, 2.05) is 42.5 Å². The van der Waals surface area contributed by atoms with Gasteiger partial charge in [0.05, 0.1) is 21.6 Å². The zero-order chi connectivity index (χ0) is 18.6. The van der Waals surface area contributed by atoms with Gasteiger partial charge in [0.2, 0.25) is 5.91 Å². The number of anilines is 1. The molecule has 0 unspecified atom stereocenters. The van der Waals surface area contributed by atoms with Crippen LogP contribution in [0.3, 0.4) is 0 Å². The number of aromatic nitrogens is 1. The Hall–Kier alpha value is -3.05. The molecule has 1 heterocycles. The SMILES string of the molecule is O=C(Cc1ccc(F)cc1)Nc1ccc(Cc2nc3ccccc3s2)cc1. The number of rotatable bonds is 5. The third kappa shape index (κ3) is 4.38. The van der Waals surface area contributed by atoms with Gasteiger partial charge in [0.15, 0.2) is 0 Å². The second kappa shape index (κ2) is 7.68. The molecular formula is C22H17FN2OS. The molecule has 0 radical (unpaired) electrons. The normalized spacial score (nSPS) is 10.9. The van der Waals surface area contributed by atoms with Gasteiger partial charge in [-0.1, -0.05) is 36.4 Å². The predicted molar refractivity (Wildman–Crippen MR) is 108 cm³/mol. The van der Waals surface area contributed by atoms with Gasteiger partial charge in [0, 0.05) is 12.1 Å². The number of para-hydroxylation sites is 1. The summed E-state index contributed by atoms with van der Waals surface area (Å²) >= 11 is 1.70. The quantitative estimate of drug-likeness (QED) is 0.520. The summed E-state index contributed by atoms with van der Waals surface area (Å²) in [5.74, 6) is -0.427. The van der Waals surface area contributed by atoms with Crippen LogP contribution in [0.5, 0.6) is 0 Å². The molecule has 0 fully saturated rings. The Morgan fingerprint density at radius 1 is 0.926 bits per heavy atom. The minimum absolute atomic E-state index is 0.125. The van der Waals surface area contributed by atoms with E-state index >= 15 is 0 Å². The van der Waals surface area contributed by atoms with Crippen molar-refractivity contribution in [3.8, 4) is 0 Å². The molecule has 3 aromatic carbocycles. The third-order valence-electron chi connectivity index (χ3n) is 4.21. The lowest BCUT2D eigenvalue weighted by Crippen LogP contribution is -2.14. The van der Waals surface area contributed by atoms with E-state index in [2.05, 4.69) is 16.4 Å². The van der Waals surface area contributed by atoms with Crippen LogP contribution in [0.15, 0.2) is 72.8 Å². The van der Waals surface area contributed by atoms with E-state index < -0.39 is 0 Å². The molecule has 1 N–H and O–H groups in total. The van der Waals surface area contributed by atoms with Crippen molar-refractivity contribution >= 4 is 33.1 Å². The molecule has 134 valence electrons. The van der Waals surface area contributed by atoms with E-state index in [-0.39, 0.29) is 18.1 Å². The third-order valence-corrected chi connectivity index (χ3v) is 5.25. The highest BCUT2D eigenvalue weighted by atomic mass is 32.1. The van der Waals surface area contributed by atoms with Crippen LogP contribution in [-0.2, 0) is 17.6 Å². The van der Waals surface area contributed by atoms with Gasteiger partial charge in [-0.05, 0) is 47.5 Å². The van der Waals surface area contributed by atoms with Gasteiger partial charge in [0.25, 0.3) is 0 Å². The van der Waals surface area contributed by atoms with Crippen molar-refractivity contribution in [2.24, 2.45) is 0 Å². The number of thiazole rings is 1. The van der Waals surface area contributed by atoms with Crippen LogP contribution in [0.2, 0.25) is 0 Å². The molecule has 0 aliphatic carbocycles. The Labute approximate surface area is 160 Å². The fourth-order valence-electron chi connectivity index (χ4n) is 2.87. The van der Waals surface area contributed by atoms with Crippen LogP contribution in [-0.4, -0.2) is 10.9 Å². The number of hydrogen-bond acceptors (Lipinski definition) is 3. The highest BCUT2D eigenvalue weighted by molar-refractivity contribution is 7.18. The van der Waals surface area contributed by atoms with Gasteiger partial charge in [-0.3, -0.25) is 4.79 Å². The topological polar surface area (TPSA) is 42.0 Å². The van der Waals surface area contributed by atoms with Crippen LogP contribution in [0, 0.1) is 5.82 Å². The summed E-state index contributed by atoms with van der Waals surface area (Å²) in [6.45, 7) is 0. The number of carbonyl (C=O) groups excluding carboxylic acids is 1. The van der Waals surface area contributed by atoms with Crippen LogP contribution in [0.1, 0.15) is 16.1 Å². The molecule has 0 spiro atoms. The fraction of sp³-hybridized carbons (Fsp3) is 0.0909. The zero-order valence-corrected chi connectivity index (χ0v) is 15.3. The number of amides is 1. The molecular weight excluding hydrogens is 359 g/mol. The Kier molecular flexibility index (Phi) is 4.94. The summed E-state index contributed by atoms with van der Waals surface area (Å²) in [7, 11) is 0. The lowest BCUT2D eigenvalue weighted by atomic mass is 10.1. The molecule has 3 nitrogen and oxygen atoms in total. The Bertz CT molecular complexity index is 1040. The molecule has 4 aromatic rings. The first-order valence-corrected chi connectivity index (χ1v) is 9.45. The van der Waals surface area contributed by atoms with E-state index in [0.29, 0.717) is 0 Å². The standard InChI is InChI=1S/C22H17FN2OS/c23-17-9-5-15(6-10-17)13-21(26)24-18-11-7-16(8-12-18)14-22-25-19-3-1-2-4-20(19)27-22/h1-12H,13-14H2,(H,24,26). The van der Waals surface area contributed by atoms with E-state index in [1.54, 1.807) is 23.5 Å². The van der Waals surface area contributed by atoms with Crippen LogP contribution in [0.25, 0.3) is 10.2 Å². The summed E-state index contributed by atoms with van der Waals surface area (Å²) < 4.78 is 14.1. The van der Waals surface area contributed by atoms with Gasteiger partial charge in [-0.15, -0.1) is 11.3 Å². The maximum atomic E-state index is 12.9. The Balaban J connectivity index is 1.38. The lowest BCUT2D eigenvalue weighted by molar-refractivity contribution is -0.115. The average molecular weight is 376 g/mol. The van der Waals surface area contributed by atoms with Gasteiger partial charge < -0.3 is 5.32 Å². The number of benzene rings is 3. The molecule has 1 amide bonds. The van der Waals surface area contributed by atoms with Crippen molar-refractivity contribution in [1.29, 1.82) is 0 Å². The first-order chi connectivity index (χ1) is 13.2. The first kappa shape index (κ1) is 17.4. The first-order valence-electron chi connectivity index (χ1n) is 8.63. The van der Waals surface area contributed by atoms with Crippen molar-refractivity contribution in [2.45, 2.75) is 12.8 Å². The van der Waals surface area contributed by atoms with E-state index in [0.717, 1.165) is 33.8 Å². The lowest BCUT2D eigenvalue weighted by Gasteiger charge is -2.06. The Morgan fingerprint density at radius 2 is 1.63 bits per heavy atom. The van der Waals surface area contributed by atoms with E-state index in [4.69, 9.17) is 0 Å². The molecule has 0 bridgehead atoms. The molecule has 4 rings (SSSR count). The van der Waals surface area contributed by atoms with Gasteiger partial charge in [-0.2, -0.15) is 0 Å². The number of nitrogens with zero attached hydrogens (tertiary/aromatic N) is 1. The zero-order valence-electron chi connectivity index (χ0n) is 14.5. The average Bonchev–Trinajstić information content (AvgIpc) is 3.07. The number of carbonyl (C=O) groups is 1. The largest absolute Gasteiger partial charge is 0.326 e. The maximum Gasteiger partial charge on any atom is 0.228 e. The number of nitrogens with one attached hydrogen (secondary N) is 1. The summed E-state index contributed by atoms with van der Waals surface area (Å²) in [6, 6.07) is 21.9. The van der Waals surface area contributed by atoms with Crippen molar-refractivity contribution in [1.82, 2.24) is 4.98 Å². The van der Waals surface area contributed by atoms with Crippen LogP contribution < -0.4 is 5.32 Å². The second-order valence-electron chi connectivity index (χ2n) is 6.30. The molecule has 0 aliphatic heterocycles. The van der Waals surface area contributed by atoms with Crippen molar-refractivity contribution < 1.29 is 9.18 Å². The van der Waals surface area contributed by atoms with Crippen molar-refractivity contribution in [2.75, 3.05) is 5.32 Å². The van der Waals surface area contributed by atoms with Crippen molar-refractivity contribution in [3.05, 3.63) is 94.7 Å². The molecule has 27 heavy (non-hydrogen) atoms. The maximum absolute atomic E-state index is 12.9. The summed E-state index contributed by atoms with van der Waals surface area (Å²) in [4.78, 5) is 16.8. The van der Waals surface area contributed by atoms with E-state index in [9.17, 15) is 9.18 Å². The van der Waals surface area contributed by atoms with Gasteiger partial charge >= 0.3 is 0 Å². The molecule has 0 atom stereocenters. The monoisotopic (exact) mass is 376 g/mol. The van der Waals surface area contributed by atoms with Crippen LogP contribution in [0.4, 0.5) is 10.1 Å². The number of hydrogen-bond donors (Lipinski definition) is 1. The van der Waals surface area contributed by atoms with Gasteiger partial charge in [-0.25, -0.2) is 9.37 Å². The fourth-order valence-corrected chi connectivity index (χ4v) is 3.87. The number of fused-ring (bicyclic) bond motifs is 1. The summed E-state index contributed by atoms with van der Waals surface area (Å²) in [5.41, 5.74) is 3.70. The highest BCUT2D eigenvalue weighted by Crippen LogP contribution is 2.24. The van der Waals surface area contributed by atoms with Crippen LogP contribution >= 0.6 is 11.3 Å². The van der Waals surface area contributed by atoms with E-state index in [1.165, 1.54) is 16.8 Å². The molecule has 0 saturated carbocycles. The highest BCUT2D eigenvalue weighted by Gasteiger charge is 2.07. The molecule has 5 heteroatoms. The second-order valence-corrected chi connectivity index (χ2v) is 7.42. The Morgan fingerprint density at radius 3 is 2.37 bits per heavy atom. The van der Waals surface area contributed by atoms with Gasteiger partial charge in [0.1, 0.15) is 5.82 Å². The minimum Gasteiger partial charge on any atom is -0.326 e. The smallest absolute Gasteiger partial charge is 0.228 e. The summed E-state index contributed by atoms with van der Waals surface area (Å²) in [6.07, 6.45) is 0.983. The predicted octanol–water partition coefficient (Wildman–Crippen LogP) is 5.21. The summed E-state index contributed by atoms with van der Waals surface area (Å²) in [5, 5.41) is 3.95. The van der Waals surface area contributed by atoms with Crippen molar-refractivity contribution in [3.63, 3.8) is 0 Å². The molecule has 0 aliphatic rings. The molecule has 1 aromatic heterocycles. The minimum atomic E-state index is -0.303. The molecule has 0 saturated heterocycles. The number of halogens is 1.